The number of carbonyl (C=O) groups is 2. The molecule has 0 radical (unpaired) electrons. The average Bonchev–Trinajstić information content (AvgIpc) is 2.47. The first kappa shape index (κ1) is 15.8. The minimum Gasteiger partial charge on any atom is -0.508 e. The Morgan fingerprint density at radius 3 is 1.85 bits per heavy atom. The van der Waals surface area contributed by atoms with Crippen LogP contribution in [0.5, 0.6) is 5.75 Å². The lowest BCUT2D eigenvalue weighted by molar-refractivity contribution is -0.140. The van der Waals surface area contributed by atoms with Crippen molar-refractivity contribution in [3.8, 4) is 5.75 Å². The zero-order valence-corrected chi connectivity index (χ0v) is 11.7. The van der Waals surface area contributed by atoms with Crippen LogP contribution >= 0.6 is 0 Å². The molecular formula is C14H19NO5. The van der Waals surface area contributed by atoms with E-state index in [1.54, 1.807) is 24.3 Å². The lowest BCUT2D eigenvalue weighted by atomic mass is 10.2. The zero-order chi connectivity index (χ0) is 15.0. The second-order valence-electron chi connectivity index (χ2n) is 4.16. The summed E-state index contributed by atoms with van der Waals surface area (Å²) in [6.07, 6.45) is 0.442. The van der Waals surface area contributed by atoms with E-state index in [0.29, 0.717) is 13.1 Å². The summed E-state index contributed by atoms with van der Waals surface area (Å²) in [5, 5.41) is 9.28. The highest BCUT2D eigenvalue weighted by molar-refractivity contribution is 5.71. The SMILES string of the molecule is COC(=O)CCN(CCC(=O)OC)c1ccc(O)cc1. The van der Waals surface area contributed by atoms with Gasteiger partial charge < -0.3 is 19.5 Å². The van der Waals surface area contributed by atoms with Gasteiger partial charge in [-0.05, 0) is 24.3 Å². The monoisotopic (exact) mass is 281 g/mol. The number of rotatable bonds is 7. The highest BCUT2D eigenvalue weighted by atomic mass is 16.5. The van der Waals surface area contributed by atoms with E-state index < -0.39 is 0 Å². The highest BCUT2D eigenvalue weighted by Crippen LogP contribution is 2.19. The second kappa shape index (κ2) is 8.04. The topological polar surface area (TPSA) is 76.1 Å². The van der Waals surface area contributed by atoms with Crippen LogP contribution in [-0.4, -0.2) is 44.4 Å². The normalized spacial score (nSPS) is 9.90. The predicted octanol–water partition coefficient (Wildman–Crippen LogP) is 1.32. The van der Waals surface area contributed by atoms with Crippen LogP contribution in [0.1, 0.15) is 12.8 Å². The molecule has 0 unspecified atom stereocenters. The molecule has 0 aliphatic carbocycles. The van der Waals surface area contributed by atoms with Gasteiger partial charge in [0.25, 0.3) is 0 Å². The fourth-order valence-corrected chi connectivity index (χ4v) is 1.69. The number of hydrogen-bond acceptors (Lipinski definition) is 6. The fraction of sp³-hybridized carbons (Fsp3) is 0.429. The molecule has 0 amide bonds. The van der Waals surface area contributed by atoms with Gasteiger partial charge in [0, 0.05) is 18.8 Å². The summed E-state index contributed by atoms with van der Waals surface area (Å²) in [4.78, 5) is 24.3. The van der Waals surface area contributed by atoms with Gasteiger partial charge in [-0.25, -0.2) is 0 Å². The first-order valence-electron chi connectivity index (χ1n) is 6.24. The largest absolute Gasteiger partial charge is 0.508 e. The van der Waals surface area contributed by atoms with Gasteiger partial charge in [0.2, 0.25) is 0 Å². The number of phenolic OH excluding ortho intramolecular Hbond substituents is 1. The molecule has 1 N–H and O–H groups in total. The standard InChI is InChI=1S/C14H19NO5/c1-19-13(17)7-9-15(10-8-14(18)20-2)11-3-5-12(16)6-4-11/h3-6,16H,7-10H2,1-2H3. The molecule has 0 aromatic heterocycles. The Morgan fingerprint density at radius 2 is 1.45 bits per heavy atom. The van der Waals surface area contributed by atoms with Gasteiger partial charge in [0.05, 0.1) is 27.1 Å². The summed E-state index contributed by atoms with van der Waals surface area (Å²) in [5.41, 5.74) is 0.815. The number of benzene rings is 1. The molecule has 6 heteroatoms. The number of ether oxygens (including phenoxy) is 2. The molecule has 110 valence electrons. The van der Waals surface area contributed by atoms with Crippen molar-refractivity contribution in [3.63, 3.8) is 0 Å². The molecule has 0 heterocycles. The third-order valence-electron chi connectivity index (χ3n) is 2.84. The maximum absolute atomic E-state index is 11.2. The highest BCUT2D eigenvalue weighted by Gasteiger charge is 2.12. The van der Waals surface area contributed by atoms with Crippen LogP contribution in [0.2, 0.25) is 0 Å². The van der Waals surface area contributed by atoms with Gasteiger partial charge in [0.15, 0.2) is 0 Å². The summed E-state index contributed by atoms with van der Waals surface area (Å²) in [5.74, 6) is -0.465. The van der Waals surface area contributed by atoms with E-state index in [1.807, 2.05) is 4.90 Å². The number of hydrogen-bond donors (Lipinski definition) is 1. The predicted molar refractivity (Wildman–Crippen MR) is 73.6 cm³/mol. The summed E-state index contributed by atoms with van der Waals surface area (Å²) >= 11 is 0. The maximum atomic E-state index is 11.2. The Morgan fingerprint density at radius 1 is 1.00 bits per heavy atom. The van der Waals surface area contributed by atoms with Crippen LogP contribution in [-0.2, 0) is 19.1 Å². The van der Waals surface area contributed by atoms with E-state index in [-0.39, 0.29) is 30.5 Å². The van der Waals surface area contributed by atoms with E-state index in [2.05, 4.69) is 9.47 Å². The minimum absolute atomic E-state index is 0.162. The second-order valence-corrected chi connectivity index (χ2v) is 4.16. The van der Waals surface area contributed by atoms with E-state index in [4.69, 9.17) is 0 Å². The number of aromatic hydroxyl groups is 1. The summed E-state index contributed by atoms with van der Waals surface area (Å²) < 4.78 is 9.21. The van der Waals surface area contributed by atoms with Gasteiger partial charge >= 0.3 is 11.9 Å². The Balaban J connectivity index is 2.69. The van der Waals surface area contributed by atoms with Gasteiger partial charge in [-0.2, -0.15) is 0 Å². The van der Waals surface area contributed by atoms with E-state index in [1.165, 1.54) is 14.2 Å². The molecule has 0 saturated heterocycles. The van der Waals surface area contributed by atoms with Gasteiger partial charge in [-0.3, -0.25) is 9.59 Å². The van der Waals surface area contributed by atoms with Crippen molar-refractivity contribution in [2.45, 2.75) is 12.8 Å². The number of phenols is 1. The molecule has 20 heavy (non-hydrogen) atoms. The third kappa shape index (κ3) is 5.17. The van der Waals surface area contributed by atoms with Crippen molar-refractivity contribution >= 4 is 17.6 Å². The Hall–Kier alpha value is -2.24. The Kier molecular flexibility index (Phi) is 6.36. The lowest BCUT2D eigenvalue weighted by Gasteiger charge is -2.24. The van der Waals surface area contributed by atoms with Crippen molar-refractivity contribution in [1.29, 1.82) is 0 Å². The lowest BCUT2D eigenvalue weighted by Crippen LogP contribution is -2.29. The maximum Gasteiger partial charge on any atom is 0.307 e. The molecule has 0 aliphatic heterocycles. The van der Waals surface area contributed by atoms with Crippen LogP contribution in [0.3, 0.4) is 0 Å². The molecule has 0 fully saturated rings. The molecule has 0 spiro atoms. The molecule has 1 rings (SSSR count). The van der Waals surface area contributed by atoms with Crippen LogP contribution in [0, 0.1) is 0 Å². The molecule has 1 aromatic carbocycles. The Bertz CT molecular complexity index is 423. The molecule has 0 saturated carbocycles. The van der Waals surface area contributed by atoms with E-state index >= 15 is 0 Å². The van der Waals surface area contributed by atoms with E-state index in [9.17, 15) is 14.7 Å². The first-order valence-corrected chi connectivity index (χ1v) is 6.24. The summed E-state index contributed by atoms with van der Waals surface area (Å²) in [6.45, 7) is 0.850. The Labute approximate surface area is 117 Å². The first-order chi connectivity index (χ1) is 9.56. The molecule has 1 aromatic rings. The number of esters is 2. The summed E-state index contributed by atoms with van der Waals surface area (Å²) in [6, 6.07) is 6.56. The van der Waals surface area contributed by atoms with Gasteiger partial charge in [0.1, 0.15) is 5.75 Å². The molecular weight excluding hydrogens is 262 g/mol. The molecule has 6 nitrogen and oxygen atoms in total. The van der Waals surface area contributed by atoms with Crippen molar-refractivity contribution in [2.75, 3.05) is 32.2 Å². The fourth-order valence-electron chi connectivity index (χ4n) is 1.69. The van der Waals surface area contributed by atoms with Crippen LogP contribution < -0.4 is 4.90 Å². The number of carbonyl (C=O) groups excluding carboxylic acids is 2. The molecule has 0 aliphatic rings. The smallest absolute Gasteiger partial charge is 0.307 e. The van der Waals surface area contributed by atoms with Crippen LogP contribution in [0.25, 0.3) is 0 Å². The number of methoxy groups -OCH3 is 2. The van der Waals surface area contributed by atoms with Gasteiger partial charge in [-0.1, -0.05) is 0 Å². The van der Waals surface area contributed by atoms with Crippen molar-refractivity contribution < 1.29 is 24.2 Å². The average molecular weight is 281 g/mol. The van der Waals surface area contributed by atoms with E-state index in [0.717, 1.165) is 5.69 Å². The number of nitrogens with zero attached hydrogens (tertiary/aromatic N) is 1. The van der Waals surface area contributed by atoms with Gasteiger partial charge in [-0.15, -0.1) is 0 Å². The van der Waals surface area contributed by atoms with Crippen LogP contribution in [0.15, 0.2) is 24.3 Å². The third-order valence-corrected chi connectivity index (χ3v) is 2.84. The quantitative estimate of drug-likeness (QED) is 0.760. The molecule has 0 bridgehead atoms. The molecule has 0 atom stereocenters. The summed E-state index contributed by atoms with van der Waals surface area (Å²) in [7, 11) is 2.67. The zero-order valence-electron chi connectivity index (χ0n) is 11.7. The van der Waals surface area contributed by atoms with Crippen molar-refractivity contribution in [2.24, 2.45) is 0 Å². The van der Waals surface area contributed by atoms with Crippen molar-refractivity contribution in [3.05, 3.63) is 24.3 Å². The number of anilines is 1. The van der Waals surface area contributed by atoms with Crippen molar-refractivity contribution in [1.82, 2.24) is 0 Å². The van der Waals surface area contributed by atoms with Crippen LogP contribution in [0.4, 0.5) is 5.69 Å². The minimum atomic E-state index is -0.313.